The molecule has 3 aromatic rings. The number of sulfonamides is 1. The molecule has 13 heteroatoms. The topological polar surface area (TPSA) is 162 Å². The Balaban J connectivity index is 1.83. The predicted octanol–water partition coefficient (Wildman–Crippen LogP) is 1.84. The summed E-state index contributed by atoms with van der Waals surface area (Å²) in [5.41, 5.74) is 1.22. The van der Waals surface area contributed by atoms with Crippen LogP contribution in [0.25, 0.3) is 11.1 Å². The Morgan fingerprint density at radius 3 is 2.35 bits per heavy atom. The van der Waals surface area contributed by atoms with Crippen molar-refractivity contribution < 1.29 is 35.6 Å². The lowest BCUT2D eigenvalue weighted by Crippen LogP contribution is -2.54. The zero-order valence-electron chi connectivity index (χ0n) is 20.6. The van der Waals surface area contributed by atoms with E-state index in [0.717, 1.165) is 6.26 Å². The van der Waals surface area contributed by atoms with E-state index in [4.69, 9.17) is 9.15 Å². The third kappa shape index (κ3) is 7.84. The molecule has 3 rings (SSSR count). The monoisotopic (exact) mass is 551 g/mol. The van der Waals surface area contributed by atoms with E-state index in [0.29, 0.717) is 28.8 Å². The molecule has 37 heavy (non-hydrogen) atoms. The minimum absolute atomic E-state index is 0.197. The minimum Gasteiger partial charge on any atom is -0.496 e. The third-order valence-corrected chi connectivity index (χ3v) is 7.68. The van der Waals surface area contributed by atoms with Gasteiger partial charge < -0.3 is 14.5 Å². The van der Waals surface area contributed by atoms with Crippen LogP contribution >= 0.6 is 0 Å². The molecule has 0 saturated carbocycles. The van der Waals surface area contributed by atoms with Gasteiger partial charge in [0, 0.05) is 5.56 Å². The van der Waals surface area contributed by atoms with Crippen molar-refractivity contribution in [1.29, 1.82) is 0 Å². The summed E-state index contributed by atoms with van der Waals surface area (Å²) in [6.07, 6.45) is 1.50. The molecule has 1 aromatic heterocycles. The highest BCUT2D eigenvalue weighted by molar-refractivity contribution is 7.91. The maximum atomic E-state index is 13.1. The van der Waals surface area contributed by atoms with Crippen LogP contribution in [0.3, 0.4) is 0 Å². The lowest BCUT2D eigenvalue weighted by molar-refractivity contribution is -0.122. The number of aromatic nitrogens is 1. The maximum absolute atomic E-state index is 13.1. The lowest BCUT2D eigenvalue weighted by atomic mass is 10.1. The van der Waals surface area contributed by atoms with Crippen LogP contribution in [0.1, 0.15) is 36.0 Å². The quantitative estimate of drug-likeness (QED) is 0.302. The van der Waals surface area contributed by atoms with Crippen molar-refractivity contribution in [1.82, 2.24) is 15.0 Å². The number of para-hydroxylation sites is 3. The van der Waals surface area contributed by atoms with Crippen LogP contribution in [0.15, 0.2) is 52.9 Å². The zero-order chi connectivity index (χ0) is 27.2. The number of nitrogens with one attached hydrogen (secondary N) is 2. The number of ether oxygens (including phenoxy) is 1. The number of nitrogens with zero attached hydrogens (tertiary/aromatic N) is 1. The lowest BCUT2D eigenvalue weighted by Gasteiger charge is -2.21. The third-order valence-electron chi connectivity index (χ3n) is 5.38. The molecule has 2 atom stereocenters. The summed E-state index contributed by atoms with van der Waals surface area (Å²) >= 11 is 0. The summed E-state index contributed by atoms with van der Waals surface area (Å²) in [6.45, 7) is 1.79. The van der Waals surface area contributed by atoms with E-state index in [2.05, 4.69) is 15.0 Å². The van der Waals surface area contributed by atoms with Gasteiger partial charge in [0.15, 0.2) is 15.4 Å². The summed E-state index contributed by atoms with van der Waals surface area (Å²) in [7, 11) is -6.59. The smallest absolute Gasteiger partial charge is 0.266 e. The molecule has 200 valence electrons. The maximum Gasteiger partial charge on any atom is 0.266 e. The Bertz CT molecular complexity index is 1450. The van der Waals surface area contributed by atoms with E-state index in [-0.39, 0.29) is 12.3 Å². The SMILES string of the molecule is CCC[C@H](NC(=O)C(CS(=O)(=O)Cc1ccccc1OC)NS(C)(=O)=O)C(=O)c1nc2ccccc2o1. The molecule has 0 saturated heterocycles. The predicted molar refractivity (Wildman–Crippen MR) is 137 cm³/mol. The molecule has 11 nitrogen and oxygen atoms in total. The van der Waals surface area contributed by atoms with Crippen LogP contribution in [0, 0.1) is 0 Å². The highest BCUT2D eigenvalue weighted by Crippen LogP contribution is 2.21. The molecule has 0 aliphatic rings. The Hall–Kier alpha value is -3.29. The molecular formula is C24H29N3O8S2. The van der Waals surface area contributed by atoms with E-state index in [1.54, 1.807) is 55.5 Å². The van der Waals surface area contributed by atoms with Gasteiger partial charge in [0.25, 0.3) is 5.89 Å². The molecule has 0 aliphatic carbocycles. The van der Waals surface area contributed by atoms with Gasteiger partial charge in [0.05, 0.1) is 30.9 Å². The van der Waals surface area contributed by atoms with Crippen LogP contribution in [-0.2, 0) is 30.4 Å². The molecule has 0 aliphatic heterocycles. The van der Waals surface area contributed by atoms with Gasteiger partial charge in [-0.1, -0.05) is 43.7 Å². The fourth-order valence-corrected chi connectivity index (χ4v) is 6.14. The van der Waals surface area contributed by atoms with E-state index in [1.165, 1.54) is 7.11 Å². The van der Waals surface area contributed by atoms with Gasteiger partial charge in [-0.3, -0.25) is 9.59 Å². The van der Waals surface area contributed by atoms with Crippen LogP contribution < -0.4 is 14.8 Å². The summed E-state index contributed by atoms with van der Waals surface area (Å²) in [6, 6.07) is 10.5. The number of Topliss-reactive ketones (excluding diaryl/α,β-unsaturated/α-hetero) is 1. The van der Waals surface area contributed by atoms with Crippen molar-refractivity contribution in [3.63, 3.8) is 0 Å². The van der Waals surface area contributed by atoms with Crippen molar-refractivity contribution in [2.45, 2.75) is 37.6 Å². The second-order valence-electron chi connectivity index (χ2n) is 8.51. The second kappa shape index (κ2) is 11.8. The number of hydrogen-bond donors (Lipinski definition) is 2. The number of amides is 1. The molecule has 0 fully saturated rings. The second-order valence-corrected chi connectivity index (χ2v) is 12.4. The Morgan fingerprint density at radius 2 is 1.70 bits per heavy atom. The van der Waals surface area contributed by atoms with Gasteiger partial charge in [0.2, 0.25) is 21.7 Å². The normalized spacial score (nSPS) is 13.7. The first-order valence-electron chi connectivity index (χ1n) is 11.4. The summed E-state index contributed by atoms with van der Waals surface area (Å²) in [5, 5.41) is 2.49. The number of carbonyl (C=O) groups excluding carboxylic acids is 2. The molecule has 2 aromatic carbocycles. The van der Waals surface area contributed by atoms with E-state index in [1.807, 2.05) is 0 Å². The van der Waals surface area contributed by atoms with Crippen molar-refractivity contribution in [3.05, 3.63) is 60.0 Å². The minimum atomic E-state index is -4.01. The highest BCUT2D eigenvalue weighted by Gasteiger charge is 2.33. The number of sulfone groups is 1. The summed E-state index contributed by atoms with van der Waals surface area (Å²) < 4.78 is 62.6. The number of fused-ring (bicyclic) bond motifs is 1. The van der Waals surface area contributed by atoms with Crippen LogP contribution in [0.5, 0.6) is 5.75 Å². The number of ketones is 1. The molecule has 1 heterocycles. The van der Waals surface area contributed by atoms with E-state index in [9.17, 15) is 26.4 Å². The fraction of sp³-hybridized carbons (Fsp3) is 0.375. The Kier molecular flexibility index (Phi) is 9.05. The molecule has 0 spiro atoms. The van der Waals surface area contributed by atoms with Gasteiger partial charge in [-0.15, -0.1) is 0 Å². The highest BCUT2D eigenvalue weighted by atomic mass is 32.2. The molecule has 0 radical (unpaired) electrons. The van der Waals surface area contributed by atoms with Gasteiger partial charge in [-0.05, 0) is 24.6 Å². The van der Waals surface area contributed by atoms with Crippen molar-refractivity contribution in [3.8, 4) is 5.75 Å². The van der Waals surface area contributed by atoms with Gasteiger partial charge in [-0.2, -0.15) is 0 Å². The first-order valence-corrected chi connectivity index (χ1v) is 15.1. The van der Waals surface area contributed by atoms with Crippen LogP contribution in [0.4, 0.5) is 0 Å². The fourth-order valence-electron chi connectivity index (χ4n) is 3.75. The zero-order valence-corrected chi connectivity index (χ0v) is 22.3. The molecule has 1 amide bonds. The summed E-state index contributed by atoms with van der Waals surface area (Å²) in [5.74, 6) is -2.75. The molecule has 1 unspecified atom stereocenters. The number of hydrogen-bond acceptors (Lipinski definition) is 9. The number of methoxy groups -OCH3 is 1. The first kappa shape index (κ1) is 28.3. The van der Waals surface area contributed by atoms with Gasteiger partial charge in [0.1, 0.15) is 17.3 Å². The van der Waals surface area contributed by atoms with Crippen LogP contribution in [0.2, 0.25) is 0 Å². The first-order chi connectivity index (χ1) is 17.4. The molecule has 0 bridgehead atoms. The number of benzene rings is 2. The number of oxazole rings is 1. The van der Waals surface area contributed by atoms with Crippen LogP contribution in [-0.4, -0.2) is 64.7 Å². The number of carbonyl (C=O) groups is 2. The molecular weight excluding hydrogens is 522 g/mol. The Morgan fingerprint density at radius 1 is 1.03 bits per heavy atom. The van der Waals surface area contributed by atoms with E-state index >= 15 is 0 Å². The van der Waals surface area contributed by atoms with E-state index < -0.39 is 55.1 Å². The van der Waals surface area contributed by atoms with Gasteiger partial charge >= 0.3 is 0 Å². The standard InChI is InChI=1S/C24H29N3O8S2/c1-4-9-18(22(28)24-26-17-11-6-8-13-21(17)35-24)25-23(29)19(27-36(3,30)31)15-37(32,33)14-16-10-5-7-12-20(16)34-2/h5-8,10-13,18-19,27H,4,9,14-15H2,1-3H3,(H,25,29)/t18-,19?/m0/s1. The summed E-state index contributed by atoms with van der Waals surface area (Å²) in [4.78, 5) is 30.4. The van der Waals surface area contributed by atoms with Gasteiger partial charge in [-0.25, -0.2) is 26.5 Å². The Labute approximate surface area is 215 Å². The van der Waals surface area contributed by atoms with Crippen molar-refractivity contribution in [2.75, 3.05) is 19.1 Å². The largest absolute Gasteiger partial charge is 0.496 e. The average Bonchev–Trinajstić information content (AvgIpc) is 3.26. The van der Waals surface area contributed by atoms with Crippen molar-refractivity contribution >= 4 is 42.7 Å². The molecule has 2 N–H and O–H groups in total. The number of rotatable bonds is 13. The van der Waals surface area contributed by atoms with Crippen molar-refractivity contribution in [2.24, 2.45) is 0 Å². The average molecular weight is 552 g/mol.